The van der Waals surface area contributed by atoms with Gasteiger partial charge < -0.3 is 9.84 Å². The lowest BCUT2D eigenvalue weighted by Gasteiger charge is -2.16. The fourth-order valence-electron chi connectivity index (χ4n) is 2.90. The van der Waals surface area contributed by atoms with Gasteiger partial charge in [-0.25, -0.2) is 0 Å². The smallest absolute Gasteiger partial charge is 0.231 e. The Hall–Kier alpha value is -1.39. The van der Waals surface area contributed by atoms with E-state index < -0.39 is 0 Å². The Morgan fingerprint density at radius 1 is 1.35 bits per heavy atom. The van der Waals surface area contributed by atoms with Crippen LogP contribution in [0.2, 0.25) is 5.02 Å². The maximum Gasteiger partial charge on any atom is 0.231 e. The zero-order valence-electron chi connectivity index (χ0n) is 11.5. The topological polar surface area (TPSA) is 51.0 Å². The predicted octanol–water partition coefficient (Wildman–Crippen LogP) is 3.64. The Balaban J connectivity index is 1.85. The van der Waals surface area contributed by atoms with Crippen molar-refractivity contribution in [1.29, 1.82) is 0 Å². The van der Waals surface area contributed by atoms with Crippen LogP contribution in [0, 0.1) is 0 Å². The van der Waals surface area contributed by atoms with Crippen LogP contribution in [0.15, 0.2) is 28.8 Å². The maximum atomic E-state index is 6.17. The molecule has 0 radical (unpaired) electrons. The van der Waals surface area contributed by atoms with E-state index >= 15 is 0 Å². The average Bonchev–Trinajstić information content (AvgIpc) is 3.08. The van der Waals surface area contributed by atoms with Crippen LogP contribution in [0.5, 0.6) is 0 Å². The van der Waals surface area contributed by atoms with Crippen molar-refractivity contribution in [3.8, 4) is 11.4 Å². The lowest BCUT2D eigenvalue weighted by atomic mass is 10.0. The number of rotatable bonds is 4. The summed E-state index contributed by atoms with van der Waals surface area (Å²) in [7, 11) is 0. The van der Waals surface area contributed by atoms with Gasteiger partial charge in [0.1, 0.15) is 0 Å². The molecule has 3 rings (SSSR count). The van der Waals surface area contributed by atoms with Gasteiger partial charge in [-0.05, 0) is 31.5 Å². The second kappa shape index (κ2) is 5.94. The Bertz CT molecular complexity index is 584. The first-order chi connectivity index (χ1) is 9.79. The quantitative estimate of drug-likeness (QED) is 0.934. The summed E-state index contributed by atoms with van der Waals surface area (Å²) >= 11 is 6.17. The van der Waals surface area contributed by atoms with Gasteiger partial charge in [0.2, 0.25) is 11.7 Å². The van der Waals surface area contributed by atoms with Gasteiger partial charge in [0.15, 0.2) is 0 Å². The van der Waals surface area contributed by atoms with Crippen molar-refractivity contribution in [3.05, 3.63) is 35.2 Å². The number of nitrogens with zero attached hydrogens (tertiary/aromatic N) is 2. The first kappa shape index (κ1) is 13.6. The first-order valence-corrected chi connectivity index (χ1v) is 7.49. The molecule has 0 amide bonds. The second-order valence-electron chi connectivity index (χ2n) is 5.14. The third kappa shape index (κ3) is 2.58. The van der Waals surface area contributed by atoms with Crippen LogP contribution in [0.25, 0.3) is 11.4 Å². The number of hydrogen-bond acceptors (Lipinski definition) is 4. The minimum Gasteiger partial charge on any atom is -0.339 e. The number of likely N-dealkylation sites (N-methyl/N-ethyl adjacent to an activating group) is 1. The normalized spacial score (nSPS) is 22.3. The molecule has 1 aromatic heterocycles. The van der Waals surface area contributed by atoms with Crippen LogP contribution < -0.4 is 5.32 Å². The molecule has 5 heteroatoms. The average molecular weight is 292 g/mol. The van der Waals surface area contributed by atoms with Crippen molar-refractivity contribution < 1.29 is 4.52 Å². The second-order valence-corrected chi connectivity index (χ2v) is 5.54. The van der Waals surface area contributed by atoms with Crippen molar-refractivity contribution in [2.75, 3.05) is 6.54 Å². The van der Waals surface area contributed by atoms with Gasteiger partial charge in [-0.2, -0.15) is 4.98 Å². The molecule has 20 heavy (non-hydrogen) atoms. The predicted molar refractivity (Wildman–Crippen MR) is 78.8 cm³/mol. The Morgan fingerprint density at radius 3 is 3.00 bits per heavy atom. The van der Waals surface area contributed by atoms with Crippen molar-refractivity contribution in [2.24, 2.45) is 0 Å². The molecule has 2 aromatic rings. The fraction of sp³-hybridized carbons (Fsp3) is 0.467. The summed E-state index contributed by atoms with van der Waals surface area (Å²) in [4.78, 5) is 4.55. The van der Waals surface area contributed by atoms with Crippen molar-refractivity contribution in [2.45, 2.75) is 38.1 Å². The molecule has 0 bridgehead atoms. The monoisotopic (exact) mass is 291 g/mol. The fourth-order valence-corrected chi connectivity index (χ4v) is 3.12. The van der Waals surface area contributed by atoms with Gasteiger partial charge in [0.25, 0.3) is 0 Å². The highest BCUT2D eigenvalue weighted by atomic mass is 35.5. The van der Waals surface area contributed by atoms with E-state index in [0.717, 1.165) is 24.4 Å². The Labute approximate surface area is 123 Å². The number of hydrogen-bond donors (Lipinski definition) is 1. The van der Waals surface area contributed by atoms with Gasteiger partial charge in [0, 0.05) is 11.6 Å². The summed E-state index contributed by atoms with van der Waals surface area (Å²) in [6.07, 6.45) is 3.47. The highest BCUT2D eigenvalue weighted by Crippen LogP contribution is 2.35. The largest absolute Gasteiger partial charge is 0.339 e. The molecule has 0 aliphatic heterocycles. The molecule has 106 valence electrons. The lowest BCUT2D eigenvalue weighted by Crippen LogP contribution is -2.31. The molecule has 1 aromatic carbocycles. The van der Waals surface area contributed by atoms with Gasteiger partial charge >= 0.3 is 0 Å². The van der Waals surface area contributed by atoms with Gasteiger partial charge in [0.05, 0.1) is 10.9 Å². The van der Waals surface area contributed by atoms with Crippen LogP contribution in [0.4, 0.5) is 0 Å². The molecule has 1 heterocycles. The molecule has 1 fully saturated rings. The van der Waals surface area contributed by atoms with Gasteiger partial charge in [-0.1, -0.05) is 42.2 Å². The first-order valence-electron chi connectivity index (χ1n) is 7.11. The molecule has 0 saturated heterocycles. The van der Waals surface area contributed by atoms with Gasteiger partial charge in [-0.3, -0.25) is 0 Å². The third-order valence-electron chi connectivity index (χ3n) is 3.86. The Morgan fingerprint density at radius 2 is 2.20 bits per heavy atom. The number of benzene rings is 1. The van der Waals surface area contributed by atoms with Crippen molar-refractivity contribution in [1.82, 2.24) is 15.5 Å². The van der Waals surface area contributed by atoms with E-state index in [4.69, 9.17) is 16.1 Å². The van der Waals surface area contributed by atoms with Crippen LogP contribution in [0.3, 0.4) is 0 Å². The van der Waals surface area contributed by atoms with Gasteiger partial charge in [-0.15, -0.1) is 0 Å². The van der Waals surface area contributed by atoms with Crippen LogP contribution in [0.1, 0.15) is 38.0 Å². The molecule has 1 aliphatic carbocycles. The molecule has 1 N–H and O–H groups in total. The summed E-state index contributed by atoms with van der Waals surface area (Å²) in [6, 6.07) is 8.01. The molecular weight excluding hydrogens is 274 g/mol. The maximum absolute atomic E-state index is 6.17. The Kier molecular flexibility index (Phi) is 4.03. The molecule has 1 aliphatic rings. The number of halogens is 1. The van der Waals surface area contributed by atoms with Crippen molar-refractivity contribution >= 4 is 11.6 Å². The van der Waals surface area contributed by atoms with Crippen LogP contribution in [-0.2, 0) is 0 Å². The van der Waals surface area contributed by atoms with E-state index in [0.29, 0.717) is 22.8 Å². The number of aromatic nitrogens is 2. The zero-order valence-corrected chi connectivity index (χ0v) is 12.2. The molecule has 2 atom stereocenters. The molecule has 4 nitrogen and oxygen atoms in total. The third-order valence-corrected chi connectivity index (χ3v) is 4.19. The summed E-state index contributed by atoms with van der Waals surface area (Å²) < 4.78 is 5.47. The van der Waals surface area contributed by atoms with E-state index in [-0.39, 0.29) is 0 Å². The van der Waals surface area contributed by atoms with E-state index in [1.54, 1.807) is 0 Å². The minimum absolute atomic E-state index is 0.318. The minimum atomic E-state index is 0.318. The summed E-state index contributed by atoms with van der Waals surface area (Å²) in [6.45, 7) is 3.09. The standard InChI is InChI=1S/C15H18ClN3O/c1-2-17-13-9-5-7-11(13)15-18-14(19-20-15)10-6-3-4-8-12(10)16/h3-4,6,8,11,13,17H,2,5,7,9H2,1H3. The molecule has 2 unspecified atom stereocenters. The van der Waals surface area contributed by atoms with E-state index in [2.05, 4.69) is 22.4 Å². The van der Waals surface area contributed by atoms with E-state index in [9.17, 15) is 0 Å². The summed E-state index contributed by atoms with van der Waals surface area (Å²) in [5.41, 5.74) is 0.821. The van der Waals surface area contributed by atoms with E-state index in [1.165, 1.54) is 12.8 Å². The SMILES string of the molecule is CCNC1CCCC1c1nc(-c2ccccc2Cl)no1. The zero-order chi connectivity index (χ0) is 13.9. The summed E-state index contributed by atoms with van der Waals surface area (Å²) in [5, 5.41) is 8.24. The van der Waals surface area contributed by atoms with Crippen LogP contribution in [-0.4, -0.2) is 22.7 Å². The lowest BCUT2D eigenvalue weighted by molar-refractivity contribution is 0.332. The summed E-state index contributed by atoms with van der Waals surface area (Å²) in [5.74, 6) is 1.62. The highest BCUT2D eigenvalue weighted by Gasteiger charge is 2.32. The highest BCUT2D eigenvalue weighted by molar-refractivity contribution is 6.33. The number of nitrogens with one attached hydrogen (secondary N) is 1. The molecular formula is C15H18ClN3O. The van der Waals surface area contributed by atoms with Crippen molar-refractivity contribution in [3.63, 3.8) is 0 Å². The van der Waals surface area contributed by atoms with Crippen LogP contribution >= 0.6 is 11.6 Å². The molecule has 0 spiro atoms. The van der Waals surface area contributed by atoms with E-state index in [1.807, 2.05) is 24.3 Å². The molecule has 1 saturated carbocycles.